The number of carbonyl (C=O) groups is 1. The molecule has 0 saturated carbocycles. The zero-order valence-electron chi connectivity index (χ0n) is 12.2. The second-order valence-electron chi connectivity index (χ2n) is 5.29. The molecule has 4 heteroatoms. The van der Waals surface area contributed by atoms with Gasteiger partial charge in [0, 0.05) is 12.6 Å². The highest BCUT2D eigenvalue weighted by Crippen LogP contribution is 2.19. The van der Waals surface area contributed by atoms with E-state index in [4.69, 9.17) is 9.47 Å². The van der Waals surface area contributed by atoms with Crippen molar-refractivity contribution < 1.29 is 14.3 Å². The SMILES string of the molecule is COc1ccccc1C(=O)N[C@H](C)CC[C@@H]1CCCO1. The maximum Gasteiger partial charge on any atom is 0.255 e. The van der Waals surface area contributed by atoms with E-state index < -0.39 is 0 Å². The maximum atomic E-state index is 12.2. The maximum absolute atomic E-state index is 12.2. The molecule has 0 aromatic heterocycles. The highest BCUT2D eigenvalue weighted by atomic mass is 16.5. The summed E-state index contributed by atoms with van der Waals surface area (Å²) in [5, 5.41) is 3.02. The molecule has 4 nitrogen and oxygen atoms in total. The third-order valence-corrected chi connectivity index (χ3v) is 3.67. The summed E-state index contributed by atoms with van der Waals surface area (Å²) in [5.41, 5.74) is 0.582. The normalized spacial score (nSPS) is 19.6. The van der Waals surface area contributed by atoms with Crippen LogP contribution in [0.15, 0.2) is 24.3 Å². The summed E-state index contributed by atoms with van der Waals surface area (Å²) in [7, 11) is 1.58. The average Bonchev–Trinajstić information content (AvgIpc) is 2.98. The summed E-state index contributed by atoms with van der Waals surface area (Å²) in [6.07, 6.45) is 4.62. The number of para-hydroxylation sites is 1. The van der Waals surface area contributed by atoms with Crippen LogP contribution in [0.1, 0.15) is 43.0 Å². The van der Waals surface area contributed by atoms with Crippen LogP contribution in [0.25, 0.3) is 0 Å². The molecule has 2 rings (SSSR count). The molecule has 0 unspecified atom stereocenters. The Morgan fingerprint density at radius 1 is 1.50 bits per heavy atom. The van der Waals surface area contributed by atoms with Crippen molar-refractivity contribution in [1.82, 2.24) is 5.32 Å². The number of nitrogens with one attached hydrogen (secondary N) is 1. The van der Waals surface area contributed by atoms with Gasteiger partial charge in [-0.1, -0.05) is 12.1 Å². The summed E-state index contributed by atoms with van der Waals surface area (Å²) in [6.45, 7) is 2.91. The minimum absolute atomic E-state index is 0.0812. The van der Waals surface area contributed by atoms with Crippen LogP contribution in [0.4, 0.5) is 0 Å². The fourth-order valence-corrected chi connectivity index (χ4v) is 2.51. The van der Waals surface area contributed by atoms with Crippen LogP contribution in [0.2, 0.25) is 0 Å². The van der Waals surface area contributed by atoms with E-state index in [2.05, 4.69) is 5.32 Å². The molecule has 1 aromatic carbocycles. The van der Waals surface area contributed by atoms with Gasteiger partial charge in [0.1, 0.15) is 5.75 Å². The molecule has 0 spiro atoms. The summed E-state index contributed by atoms with van der Waals surface area (Å²) in [4.78, 5) is 12.2. The number of benzene rings is 1. The smallest absolute Gasteiger partial charge is 0.255 e. The molecule has 2 atom stereocenters. The van der Waals surface area contributed by atoms with Gasteiger partial charge in [-0.25, -0.2) is 0 Å². The van der Waals surface area contributed by atoms with Crippen molar-refractivity contribution in [1.29, 1.82) is 0 Å². The Morgan fingerprint density at radius 2 is 2.30 bits per heavy atom. The van der Waals surface area contributed by atoms with E-state index in [0.717, 1.165) is 32.3 Å². The number of carbonyl (C=O) groups excluding carboxylic acids is 1. The Hall–Kier alpha value is -1.55. The highest BCUT2D eigenvalue weighted by molar-refractivity contribution is 5.97. The Bertz CT molecular complexity index is 441. The summed E-state index contributed by atoms with van der Waals surface area (Å²) >= 11 is 0. The molecule has 1 aliphatic heterocycles. The topological polar surface area (TPSA) is 47.6 Å². The van der Waals surface area contributed by atoms with Crippen LogP contribution in [-0.2, 0) is 4.74 Å². The van der Waals surface area contributed by atoms with Gasteiger partial charge in [0.2, 0.25) is 0 Å². The van der Waals surface area contributed by atoms with Crippen molar-refractivity contribution in [2.75, 3.05) is 13.7 Å². The number of rotatable bonds is 6. The summed E-state index contributed by atoms with van der Waals surface area (Å²) in [6, 6.07) is 7.41. The second-order valence-corrected chi connectivity index (χ2v) is 5.29. The largest absolute Gasteiger partial charge is 0.496 e. The van der Waals surface area contributed by atoms with E-state index in [1.54, 1.807) is 19.2 Å². The molecule has 1 aliphatic rings. The van der Waals surface area contributed by atoms with E-state index in [0.29, 0.717) is 17.4 Å². The number of amides is 1. The monoisotopic (exact) mass is 277 g/mol. The molecule has 1 saturated heterocycles. The second kappa shape index (κ2) is 7.29. The quantitative estimate of drug-likeness (QED) is 0.869. The van der Waals surface area contributed by atoms with Crippen LogP contribution in [-0.4, -0.2) is 31.8 Å². The first-order valence-electron chi connectivity index (χ1n) is 7.26. The Balaban J connectivity index is 1.83. The van der Waals surface area contributed by atoms with Crippen molar-refractivity contribution in [3.05, 3.63) is 29.8 Å². The van der Waals surface area contributed by atoms with Crippen molar-refractivity contribution in [3.8, 4) is 5.75 Å². The van der Waals surface area contributed by atoms with E-state index in [1.165, 1.54) is 0 Å². The molecule has 0 bridgehead atoms. The highest BCUT2D eigenvalue weighted by Gasteiger charge is 2.18. The van der Waals surface area contributed by atoms with Gasteiger partial charge in [0.25, 0.3) is 5.91 Å². The molecule has 1 aromatic rings. The van der Waals surface area contributed by atoms with Crippen molar-refractivity contribution >= 4 is 5.91 Å². The van der Waals surface area contributed by atoms with Gasteiger partial charge in [0.05, 0.1) is 18.8 Å². The first-order chi connectivity index (χ1) is 9.70. The molecule has 1 heterocycles. The minimum Gasteiger partial charge on any atom is -0.496 e. The number of hydrogen-bond acceptors (Lipinski definition) is 3. The molecule has 1 fully saturated rings. The Kier molecular flexibility index (Phi) is 5.41. The van der Waals surface area contributed by atoms with Gasteiger partial charge in [0.15, 0.2) is 0 Å². The van der Waals surface area contributed by atoms with Gasteiger partial charge >= 0.3 is 0 Å². The predicted molar refractivity (Wildman–Crippen MR) is 78.1 cm³/mol. The molecule has 110 valence electrons. The van der Waals surface area contributed by atoms with Crippen molar-refractivity contribution in [3.63, 3.8) is 0 Å². The zero-order valence-corrected chi connectivity index (χ0v) is 12.2. The Labute approximate surface area is 120 Å². The lowest BCUT2D eigenvalue weighted by Gasteiger charge is -2.17. The van der Waals surface area contributed by atoms with E-state index in [-0.39, 0.29) is 11.9 Å². The van der Waals surface area contributed by atoms with Crippen LogP contribution in [0.3, 0.4) is 0 Å². The summed E-state index contributed by atoms with van der Waals surface area (Å²) < 4.78 is 10.8. The van der Waals surface area contributed by atoms with Crippen molar-refractivity contribution in [2.24, 2.45) is 0 Å². The molecule has 1 N–H and O–H groups in total. The third kappa shape index (κ3) is 3.97. The molecular formula is C16H23NO3. The predicted octanol–water partition coefficient (Wildman–Crippen LogP) is 2.77. The van der Waals surface area contributed by atoms with E-state index in [9.17, 15) is 4.79 Å². The van der Waals surface area contributed by atoms with Crippen LogP contribution in [0, 0.1) is 0 Å². The molecule has 0 aliphatic carbocycles. The van der Waals surface area contributed by atoms with E-state index in [1.807, 2.05) is 19.1 Å². The lowest BCUT2D eigenvalue weighted by atomic mass is 10.1. The average molecular weight is 277 g/mol. The standard InChI is InChI=1S/C16H23NO3/c1-12(9-10-13-6-5-11-20-13)17-16(18)14-7-3-4-8-15(14)19-2/h3-4,7-8,12-13H,5-6,9-11H2,1-2H3,(H,17,18)/t12-,13+/m1/s1. The van der Waals surface area contributed by atoms with E-state index >= 15 is 0 Å². The number of hydrogen-bond donors (Lipinski definition) is 1. The zero-order chi connectivity index (χ0) is 14.4. The first-order valence-corrected chi connectivity index (χ1v) is 7.26. The molecule has 0 radical (unpaired) electrons. The number of ether oxygens (including phenoxy) is 2. The van der Waals surface area contributed by atoms with Gasteiger partial charge < -0.3 is 14.8 Å². The summed E-state index contributed by atoms with van der Waals surface area (Å²) in [5.74, 6) is 0.526. The molecule has 20 heavy (non-hydrogen) atoms. The molecular weight excluding hydrogens is 254 g/mol. The van der Waals surface area contributed by atoms with Gasteiger partial charge in [-0.2, -0.15) is 0 Å². The fraction of sp³-hybridized carbons (Fsp3) is 0.562. The van der Waals surface area contributed by atoms with Gasteiger partial charge in [-0.15, -0.1) is 0 Å². The Morgan fingerprint density at radius 3 is 3.00 bits per heavy atom. The molecule has 1 amide bonds. The van der Waals surface area contributed by atoms with Crippen LogP contribution in [0.5, 0.6) is 5.75 Å². The third-order valence-electron chi connectivity index (χ3n) is 3.67. The lowest BCUT2D eigenvalue weighted by Crippen LogP contribution is -2.33. The van der Waals surface area contributed by atoms with Crippen LogP contribution < -0.4 is 10.1 Å². The van der Waals surface area contributed by atoms with Gasteiger partial charge in [-0.05, 0) is 44.7 Å². The fourth-order valence-electron chi connectivity index (χ4n) is 2.51. The van der Waals surface area contributed by atoms with Crippen molar-refractivity contribution in [2.45, 2.75) is 44.8 Å². The van der Waals surface area contributed by atoms with Crippen LogP contribution >= 0.6 is 0 Å². The number of methoxy groups -OCH3 is 1. The van der Waals surface area contributed by atoms with Gasteiger partial charge in [-0.3, -0.25) is 4.79 Å². The first kappa shape index (κ1) is 14.9. The lowest BCUT2D eigenvalue weighted by molar-refractivity contribution is 0.0897. The minimum atomic E-state index is -0.0812.